The van der Waals surface area contributed by atoms with Crippen molar-refractivity contribution in [3.8, 4) is 0 Å². The van der Waals surface area contributed by atoms with Gasteiger partial charge in [0.15, 0.2) is 5.79 Å². The van der Waals surface area contributed by atoms with Crippen LogP contribution in [0.25, 0.3) is 10.8 Å². The Kier molecular flexibility index (Phi) is 5.02. The molecule has 0 unspecified atom stereocenters. The number of benzene rings is 3. The van der Waals surface area contributed by atoms with Gasteiger partial charge in [-0.25, -0.2) is 0 Å². The molecule has 3 heteroatoms. The van der Waals surface area contributed by atoms with Gasteiger partial charge in [0.1, 0.15) is 0 Å². The minimum absolute atomic E-state index is 0.0739. The Morgan fingerprint density at radius 2 is 1.52 bits per heavy atom. The second-order valence-electron chi connectivity index (χ2n) is 7.75. The second-order valence-corrected chi connectivity index (χ2v) is 8.90. The van der Waals surface area contributed by atoms with E-state index in [4.69, 9.17) is 9.47 Å². The Labute approximate surface area is 165 Å². The molecule has 1 aliphatic rings. The van der Waals surface area contributed by atoms with E-state index in [1.54, 1.807) is 0 Å². The number of hydrogen-bond acceptors (Lipinski definition) is 3. The van der Waals surface area contributed by atoms with Gasteiger partial charge < -0.3 is 9.47 Å². The zero-order valence-electron chi connectivity index (χ0n) is 16.2. The summed E-state index contributed by atoms with van der Waals surface area (Å²) in [5.74, 6) is -0.490. The minimum Gasteiger partial charge on any atom is -0.350 e. The molecule has 0 spiro atoms. The molecule has 1 heterocycles. The summed E-state index contributed by atoms with van der Waals surface area (Å²) in [6, 6.07) is 24.0. The maximum absolute atomic E-state index is 6.00. The minimum atomic E-state index is -0.490. The first-order chi connectivity index (χ1) is 13.0. The summed E-state index contributed by atoms with van der Waals surface area (Å²) in [6.45, 7) is 7.58. The van der Waals surface area contributed by atoms with Crippen molar-refractivity contribution in [3.05, 3.63) is 72.3 Å². The first-order valence-electron chi connectivity index (χ1n) is 9.55. The lowest BCUT2D eigenvalue weighted by molar-refractivity contribution is -0.269. The van der Waals surface area contributed by atoms with Crippen LogP contribution in [0, 0.1) is 0 Å². The first-order valence-corrected chi connectivity index (χ1v) is 10.4. The fourth-order valence-corrected chi connectivity index (χ4v) is 4.47. The summed E-state index contributed by atoms with van der Waals surface area (Å²) in [5, 5.41) is 2.56. The van der Waals surface area contributed by atoms with Crippen LogP contribution in [0.1, 0.15) is 32.8 Å². The topological polar surface area (TPSA) is 18.5 Å². The highest BCUT2D eigenvalue weighted by atomic mass is 32.2. The summed E-state index contributed by atoms with van der Waals surface area (Å²) in [4.78, 5) is 2.51. The van der Waals surface area contributed by atoms with Gasteiger partial charge in [-0.05, 0) is 60.9 Å². The van der Waals surface area contributed by atoms with Crippen LogP contribution in [0.4, 0.5) is 0 Å². The molecule has 27 heavy (non-hydrogen) atoms. The maximum Gasteiger partial charge on any atom is 0.162 e. The molecule has 1 fully saturated rings. The number of ether oxygens (including phenoxy) is 2. The average Bonchev–Trinajstić information content (AvgIpc) is 2.69. The predicted molar refractivity (Wildman–Crippen MR) is 112 cm³/mol. The molecule has 0 amide bonds. The van der Waals surface area contributed by atoms with Crippen molar-refractivity contribution in [1.29, 1.82) is 0 Å². The van der Waals surface area contributed by atoms with Gasteiger partial charge in [-0.2, -0.15) is 0 Å². The van der Waals surface area contributed by atoms with E-state index in [0.717, 1.165) is 6.42 Å². The highest BCUT2D eigenvalue weighted by Crippen LogP contribution is 2.38. The molecule has 0 atom stereocenters. The largest absolute Gasteiger partial charge is 0.350 e. The smallest absolute Gasteiger partial charge is 0.162 e. The van der Waals surface area contributed by atoms with Crippen molar-refractivity contribution in [3.63, 3.8) is 0 Å². The summed E-state index contributed by atoms with van der Waals surface area (Å²) in [7, 11) is 0. The molecular weight excluding hydrogens is 352 g/mol. The van der Waals surface area contributed by atoms with E-state index in [-0.39, 0.29) is 5.41 Å². The molecule has 2 nitrogen and oxygen atoms in total. The van der Waals surface area contributed by atoms with Crippen LogP contribution in [-0.2, 0) is 14.9 Å². The van der Waals surface area contributed by atoms with E-state index in [2.05, 4.69) is 73.7 Å². The number of fused-ring (bicyclic) bond motifs is 1. The maximum atomic E-state index is 6.00. The van der Waals surface area contributed by atoms with E-state index in [1.165, 1.54) is 26.1 Å². The van der Waals surface area contributed by atoms with Crippen molar-refractivity contribution < 1.29 is 9.47 Å². The Morgan fingerprint density at radius 3 is 2.26 bits per heavy atom. The summed E-state index contributed by atoms with van der Waals surface area (Å²) in [5.41, 5.74) is 1.22. The molecule has 0 saturated carbocycles. The molecule has 1 saturated heterocycles. The summed E-state index contributed by atoms with van der Waals surface area (Å²) < 4.78 is 12.0. The molecule has 3 aromatic rings. The molecule has 140 valence electrons. The van der Waals surface area contributed by atoms with Crippen LogP contribution >= 0.6 is 11.8 Å². The van der Waals surface area contributed by atoms with Gasteiger partial charge in [-0.15, -0.1) is 0 Å². The molecule has 0 bridgehead atoms. The van der Waals surface area contributed by atoms with Gasteiger partial charge in [-0.1, -0.05) is 61.2 Å². The van der Waals surface area contributed by atoms with Crippen molar-refractivity contribution in [2.24, 2.45) is 0 Å². The van der Waals surface area contributed by atoms with E-state index in [9.17, 15) is 0 Å². The van der Waals surface area contributed by atoms with Crippen molar-refractivity contribution in [2.75, 3.05) is 13.2 Å². The van der Waals surface area contributed by atoms with E-state index < -0.39 is 5.79 Å². The van der Waals surface area contributed by atoms with Crippen LogP contribution in [0.3, 0.4) is 0 Å². The number of rotatable bonds is 4. The Hall–Kier alpha value is -1.81. The third kappa shape index (κ3) is 3.91. The molecular formula is C24H26O2S. The SMILES string of the molecule is CCC1(c2cccc(Sc3ccc4ccccc4c3)c2)COC(C)(C)OC1. The van der Waals surface area contributed by atoms with Crippen molar-refractivity contribution >= 4 is 22.5 Å². The van der Waals surface area contributed by atoms with Crippen molar-refractivity contribution in [1.82, 2.24) is 0 Å². The van der Waals surface area contributed by atoms with Gasteiger partial charge in [0.25, 0.3) is 0 Å². The van der Waals surface area contributed by atoms with Crippen LogP contribution in [0.2, 0.25) is 0 Å². The zero-order chi connectivity index (χ0) is 18.9. The fraction of sp³-hybridized carbons (Fsp3) is 0.333. The van der Waals surface area contributed by atoms with E-state index in [1.807, 2.05) is 25.6 Å². The lowest BCUT2D eigenvalue weighted by Gasteiger charge is -2.43. The third-order valence-electron chi connectivity index (χ3n) is 5.47. The zero-order valence-corrected chi connectivity index (χ0v) is 17.0. The third-order valence-corrected chi connectivity index (χ3v) is 6.45. The van der Waals surface area contributed by atoms with Gasteiger partial charge in [0, 0.05) is 15.2 Å². The van der Waals surface area contributed by atoms with Crippen LogP contribution in [0.5, 0.6) is 0 Å². The lowest BCUT2D eigenvalue weighted by atomic mass is 9.79. The number of hydrogen-bond donors (Lipinski definition) is 0. The van der Waals surface area contributed by atoms with Gasteiger partial charge in [0.05, 0.1) is 13.2 Å². The highest BCUT2D eigenvalue weighted by molar-refractivity contribution is 7.99. The van der Waals surface area contributed by atoms with Crippen LogP contribution in [0.15, 0.2) is 76.5 Å². The van der Waals surface area contributed by atoms with Gasteiger partial charge in [0.2, 0.25) is 0 Å². The monoisotopic (exact) mass is 378 g/mol. The first kappa shape index (κ1) is 18.5. The van der Waals surface area contributed by atoms with E-state index >= 15 is 0 Å². The van der Waals surface area contributed by atoms with Crippen LogP contribution < -0.4 is 0 Å². The molecule has 0 aliphatic carbocycles. The lowest BCUT2D eigenvalue weighted by Crippen LogP contribution is -2.48. The van der Waals surface area contributed by atoms with Gasteiger partial charge >= 0.3 is 0 Å². The Morgan fingerprint density at radius 1 is 0.815 bits per heavy atom. The molecule has 0 radical (unpaired) electrons. The van der Waals surface area contributed by atoms with Gasteiger partial charge in [-0.3, -0.25) is 0 Å². The average molecular weight is 379 g/mol. The van der Waals surface area contributed by atoms with E-state index in [0.29, 0.717) is 13.2 Å². The van der Waals surface area contributed by atoms with Crippen LogP contribution in [-0.4, -0.2) is 19.0 Å². The van der Waals surface area contributed by atoms with Crippen molar-refractivity contribution in [2.45, 2.75) is 48.2 Å². The standard InChI is InChI=1S/C24H26O2S/c1-4-24(16-25-23(2,3)26-17-24)20-10-7-11-21(15-20)27-22-13-12-18-8-5-6-9-19(18)14-22/h5-15H,4,16-17H2,1-3H3. The molecule has 3 aromatic carbocycles. The summed E-state index contributed by atoms with van der Waals surface area (Å²) >= 11 is 1.81. The second kappa shape index (κ2) is 7.31. The highest BCUT2D eigenvalue weighted by Gasteiger charge is 2.40. The molecule has 1 aliphatic heterocycles. The Balaban J connectivity index is 1.60. The predicted octanol–water partition coefficient (Wildman–Crippen LogP) is 6.42. The molecule has 0 N–H and O–H groups in total. The summed E-state index contributed by atoms with van der Waals surface area (Å²) in [6.07, 6.45) is 0.993. The molecule has 4 rings (SSSR count). The fourth-order valence-electron chi connectivity index (χ4n) is 3.54. The molecule has 0 aromatic heterocycles. The quantitative estimate of drug-likeness (QED) is 0.522. The Bertz CT molecular complexity index is 938. The normalized spacial score (nSPS) is 18.5.